The van der Waals surface area contributed by atoms with Gasteiger partial charge in [-0.2, -0.15) is 4.72 Å². The summed E-state index contributed by atoms with van der Waals surface area (Å²) in [6.45, 7) is 2.14. The van der Waals surface area contributed by atoms with E-state index < -0.39 is 22.0 Å². The van der Waals surface area contributed by atoms with Crippen LogP contribution in [0.5, 0.6) is 0 Å². The lowest BCUT2D eigenvalue weighted by atomic mass is 10.1. The number of sulfonamides is 1. The van der Waals surface area contributed by atoms with E-state index >= 15 is 0 Å². The standard InChI is InChI=1S/C21H22N2O4S/c1-16-7-9-19(10-8-16)28(25,26)23-20(13-17-5-3-2-4-6-17)21(24)22-14-18-11-12-27-15-18/h2-12,15,20,23H,13-14H2,1H3,(H,22,24)/t20-/m0/s1. The summed E-state index contributed by atoms with van der Waals surface area (Å²) in [5.41, 5.74) is 2.61. The zero-order valence-electron chi connectivity index (χ0n) is 15.5. The molecule has 3 aromatic rings. The van der Waals surface area contributed by atoms with Crippen molar-refractivity contribution in [3.05, 3.63) is 89.9 Å². The van der Waals surface area contributed by atoms with Crippen LogP contribution in [-0.4, -0.2) is 20.4 Å². The number of carbonyl (C=O) groups excluding carboxylic acids is 1. The van der Waals surface area contributed by atoms with Gasteiger partial charge in [-0.15, -0.1) is 0 Å². The van der Waals surface area contributed by atoms with Crippen LogP contribution in [0.2, 0.25) is 0 Å². The molecule has 0 aliphatic carbocycles. The number of rotatable bonds is 8. The molecule has 1 heterocycles. The maximum absolute atomic E-state index is 12.8. The molecule has 0 unspecified atom stereocenters. The van der Waals surface area contributed by atoms with Gasteiger partial charge in [0.25, 0.3) is 0 Å². The maximum atomic E-state index is 12.8. The van der Waals surface area contributed by atoms with Gasteiger partial charge in [0.15, 0.2) is 0 Å². The van der Waals surface area contributed by atoms with Crippen molar-refractivity contribution < 1.29 is 17.6 Å². The number of hydrogen-bond acceptors (Lipinski definition) is 4. The molecule has 0 saturated heterocycles. The summed E-state index contributed by atoms with van der Waals surface area (Å²) in [4.78, 5) is 12.9. The second-order valence-corrected chi connectivity index (χ2v) is 8.24. The first-order chi connectivity index (χ1) is 13.4. The van der Waals surface area contributed by atoms with Gasteiger partial charge < -0.3 is 9.73 Å². The van der Waals surface area contributed by atoms with E-state index in [1.54, 1.807) is 18.2 Å². The Labute approximate surface area is 164 Å². The third kappa shape index (κ3) is 5.31. The lowest BCUT2D eigenvalue weighted by Gasteiger charge is -2.19. The Morgan fingerprint density at radius 3 is 2.36 bits per heavy atom. The van der Waals surface area contributed by atoms with Crippen molar-refractivity contribution in [1.29, 1.82) is 0 Å². The highest BCUT2D eigenvalue weighted by atomic mass is 32.2. The monoisotopic (exact) mass is 398 g/mol. The van der Waals surface area contributed by atoms with Gasteiger partial charge in [-0.3, -0.25) is 4.79 Å². The van der Waals surface area contributed by atoms with Gasteiger partial charge in [0.1, 0.15) is 6.04 Å². The molecule has 0 spiro atoms. The molecule has 3 rings (SSSR count). The minimum Gasteiger partial charge on any atom is -0.472 e. The van der Waals surface area contributed by atoms with Gasteiger partial charge in [-0.05, 0) is 37.1 Å². The summed E-state index contributed by atoms with van der Waals surface area (Å²) in [7, 11) is -3.84. The van der Waals surface area contributed by atoms with Crippen molar-refractivity contribution in [2.45, 2.75) is 30.8 Å². The fraction of sp³-hybridized carbons (Fsp3) is 0.190. The van der Waals surface area contributed by atoms with E-state index in [2.05, 4.69) is 10.0 Å². The first-order valence-electron chi connectivity index (χ1n) is 8.86. The van der Waals surface area contributed by atoms with E-state index in [0.717, 1.165) is 16.7 Å². The molecule has 1 atom stereocenters. The molecule has 0 radical (unpaired) electrons. The summed E-state index contributed by atoms with van der Waals surface area (Å²) in [6, 6.07) is 16.6. The molecule has 0 fully saturated rings. The molecule has 146 valence electrons. The quantitative estimate of drug-likeness (QED) is 0.611. The Bertz CT molecular complexity index is 998. The van der Waals surface area contributed by atoms with E-state index in [9.17, 15) is 13.2 Å². The zero-order chi connectivity index (χ0) is 20.0. The number of nitrogens with one attached hydrogen (secondary N) is 2. The lowest BCUT2D eigenvalue weighted by molar-refractivity contribution is -0.122. The molecular formula is C21H22N2O4S. The molecule has 1 aromatic heterocycles. The van der Waals surface area contributed by atoms with Crippen LogP contribution >= 0.6 is 0 Å². The normalized spacial score (nSPS) is 12.5. The molecule has 28 heavy (non-hydrogen) atoms. The van der Waals surface area contributed by atoms with Gasteiger partial charge in [0, 0.05) is 12.1 Å². The van der Waals surface area contributed by atoms with E-state index in [1.807, 2.05) is 37.3 Å². The predicted molar refractivity (Wildman–Crippen MR) is 106 cm³/mol. The summed E-state index contributed by atoms with van der Waals surface area (Å²) in [5, 5.41) is 2.76. The minimum absolute atomic E-state index is 0.124. The van der Waals surface area contributed by atoms with E-state index in [1.165, 1.54) is 24.7 Å². The summed E-state index contributed by atoms with van der Waals surface area (Å²) in [5.74, 6) is -0.402. The van der Waals surface area contributed by atoms with E-state index in [0.29, 0.717) is 0 Å². The van der Waals surface area contributed by atoms with Gasteiger partial charge in [0.05, 0.1) is 17.4 Å². The average Bonchev–Trinajstić information content (AvgIpc) is 3.20. The van der Waals surface area contributed by atoms with E-state index in [-0.39, 0.29) is 17.9 Å². The third-order valence-electron chi connectivity index (χ3n) is 4.27. The number of hydrogen-bond donors (Lipinski definition) is 2. The van der Waals surface area contributed by atoms with Crippen LogP contribution in [0, 0.1) is 6.92 Å². The third-order valence-corrected chi connectivity index (χ3v) is 5.76. The summed E-state index contributed by atoms with van der Waals surface area (Å²) >= 11 is 0. The lowest BCUT2D eigenvalue weighted by Crippen LogP contribution is -2.47. The van der Waals surface area contributed by atoms with Gasteiger partial charge in [0.2, 0.25) is 15.9 Å². The van der Waals surface area contributed by atoms with Crippen LogP contribution in [0.3, 0.4) is 0 Å². The average molecular weight is 398 g/mol. The van der Waals surface area contributed by atoms with Crippen LogP contribution in [0.15, 0.2) is 82.5 Å². The Morgan fingerprint density at radius 1 is 1.00 bits per heavy atom. The van der Waals surface area contributed by atoms with Crippen LogP contribution in [-0.2, 0) is 27.8 Å². The number of aryl methyl sites for hydroxylation is 1. The smallest absolute Gasteiger partial charge is 0.241 e. The van der Waals surface area contributed by atoms with Crippen LogP contribution in [0.25, 0.3) is 0 Å². The topological polar surface area (TPSA) is 88.4 Å². The first kappa shape index (κ1) is 19.9. The number of carbonyl (C=O) groups is 1. The van der Waals surface area contributed by atoms with Crippen LogP contribution in [0.4, 0.5) is 0 Å². The summed E-state index contributed by atoms with van der Waals surface area (Å²) in [6.07, 6.45) is 3.29. The SMILES string of the molecule is Cc1ccc(S(=O)(=O)N[C@@H](Cc2ccccc2)C(=O)NCc2ccoc2)cc1. The predicted octanol–water partition coefficient (Wildman–Crippen LogP) is 2.79. The molecule has 6 nitrogen and oxygen atoms in total. The van der Waals surface area contributed by atoms with Crippen molar-refractivity contribution in [2.75, 3.05) is 0 Å². The van der Waals surface area contributed by atoms with Crippen molar-refractivity contribution in [2.24, 2.45) is 0 Å². The highest BCUT2D eigenvalue weighted by Gasteiger charge is 2.26. The van der Waals surface area contributed by atoms with Gasteiger partial charge >= 0.3 is 0 Å². The van der Waals surface area contributed by atoms with Gasteiger partial charge in [-0.25, -0.2) is 8.42 Å². The van der Waals surface area contributed by atoms with Crippen molar-refractivity contribution in [1.82, 2.24) is 10.0 Å². The number of benzene rings is 2. The second-order valence-electron chi connectivity index (χ2n) is 6.53. The van der Waals surface area contributed by atoms with Crippen LogP contribution < -0.4 is 10.0 Å². The van der Waals surface area contributed by atoms with Crippen molar-refractivity contribution in [3.8, 4) is 0 Å². The Hall–Kier alpha value is -2.90. The van der Waals surface area contributed by atoms with Crippen molar-refractivity contribution in [3.63, 3.8) is 0 Å². The molecule has 0 aliphatic rings. The second kappa shape index (κ2) is 8.86. The molecule has 1 amide bonds. The van der Waals surface area contributed by atoms with E-state index in [4.69, 9.17) is 4.42 Å². The molecule has 0 aliphatic heterocycles. The van der Waals surface area contributed by atoms with Crippen molar-refractivity contribution >= 4 is 15.9 Å². The van der Waals surface area contributed by atoms with Crippen LogP contribution in [0.1, 0.15) is 16.7 Å². The zero-order valence-corrected chi connectivity index (χ0v) is 16.3. The fourth-order valence-corrected chi connectivity index (χ4v) is 3.91. The maximum Gasteiger partial charge on any atom is 0.241 e. The molecule has 2 N–H and O–H groups in total. The largest absolute Gasteiger partial charge is 0.472 e. The Kier molecular flexibility index (Phi) is 6.28. The van der Waals surface area contributed by atoms with Gasteiger partial charge in [-0.1, -0.05) is 48.0 Å². The fourth-order valence-electron chi connectivity index (χ4n) is 2.72. The number of amides is 1. The minimum atomic E-state index is -3.84. The Morgan fingerprint density at radius 2 is 1.71 bits per heavy atom. The number of furan rings is 1. The first-order valence-corrected chi connectivity index (χ1v) is 10.3. The molecule has 7 heteroatoms. The highest BCUT2D eigenvalue weighted by Crippen LogP contribution is 2.13. The summed E-state index contributed by atoms with van der Waals surface area (Å²) < 4.78 is 33.1. The molecule has 0 bridgehead atoms. The molecule has 2 aromatic carbocycles. The highest BCUT2D eigenvalue weighted by molar-refractivity contribution is 7.89. The molecule has 0 saturated carbocycles. The molecular weight excluding hydrogens is 376 g/mol. The Balaban J connectivity index is 1.78.